The van der Waals surface area contributed by atoms with Crippen LogP contribution in [0.2, 0.25) is 5.02 Å². The summed E-state index contributed by atoms with van der Waals surface area (Å²) in [5.41, 5.74) is 2.31. The van der Waals surface area contributed by atoms with Crippen LogP contribution in [0.15, 0.2) is 47.3 Å². The van der Waals surface area contributed by atoms with Gasteiger partial charge in [-0.3, -0.25) is 9.36 Å². The Morgan fingerprint density at radius 3 is 2.77 bits per heavy atom. The first-order valence-electron chi connectivity index (χ1n) is 8.53. The third-order valence-corrected chi connectivity index (χ3v) is 4.58. The standard InChI is InChI=1S/C20H22ClN3O2/c1-13-12-15(21)8-9-18(13)24-19(14(2)22-10-11-26-3)23-17-7-5-4-6-16(17)20(24)25/h4-9,12,14,22H,10-11H2,1-3H3/t14-/m1/s1. The molecule has 0 unspecified atom stereocenters. The van der Waals surface area contributed by atoms with Crippen molar-refractivity contribution in [1.29, 1.82) is 0 Å². The first-order valence-corrected chi connectivity index (χ1v) is 8.91. The van der Waals surface area contributed by atoms with Crippen LogP contribution >= 0.6 is 11.6 Å². The smallest absolute Gasteiger partial charge is 0.266 e. The molecule has 0 aliphatic carbocycles. The molecule has 0 radical (unpaired) electrons. The van der Waals surface area contributed by atoms with Crippen LogP contribution in [-0.2, 0) is 4.74 Å². The van der Waals surface area contributed by atoms with E-state index in [2.05, 4.69) is 5.32 Å². The highest BCUT2D eigenvalue weighted by Gasteiger charge is 2.18. The quantitative estimate of drug-likeness (QED) is 0.672. The van der Waals surface area contributed by atoms with E-state index in [4.69, 9.17) is 21.3 Å². The highest BCUT2D eigenvalue weighted by atomic mass is 35.5. The van der Waals surface area contributed by atoms with Crippen LogP contribution < -0.4 is 10.9 Å². The highest BCUT2D eigenvalue weighted by molar-refractivity contribution is 6.30. The molecule has 0 bridgehead atoms. The maximum atomic E-state index is 13.3. The number of halogens is 1. The summed E-state index contributed by atoms with van der Waals surface area (Å²) in [7, 11) is 1.66. The van der Waals surface area contributed by atoms with Crippen molar-refractivity contribution < 1.29 is 4.74 Å². The van der Waals surface area contributed by atoms with E-state index in [9.17, 15) is 4.79 Å². The van der Waals surface area contributed by atoms with Crippen molar-refractivity contribution in [2.45, 2.75) is 19.9 Å². The molecular formula is C20H22ClN3O2. The Labute approximate surface area is 157 Å². The number of hydrogen-bond donors (Lipinski definition) is 1. The van der Waals surface area contributed by atoms with Gasteiger partial charge in [0.25, 0.3) is 5.56 Å². The average Bonchev–Trinajstić information content (AvgIpc) is 2.62. The third kappa shape index (κ3) is 3.65. The summed E-state index contributed by atoms with van der Waals surface area (Å²) < 4.78 is 6.78. The molecule has 6 heteroatoms. The minimum Gasteiger partial charge on any atom is -0.383 e. The Kier molecular flexibility index (Phi) is 5.71. The van der Waals surface area contributed by atoms with E-state index >= 15 is 0 Å². The second kappa shape index (κ2) is 7.99. The van der Waals surface area contributed by atoms with Crippen molar-refractivity contribution in [3.63, 3.8) is 0 Å². The van der Waals surface area contributed by atoms with Crippen LogP contribution in [0.3, 0.4) is 0 Å². The average molecular weight is 372 g/mol. The first-order chi connectivity index (χ1) is 12.5. The zero-order chi connectivity index (χ0) is 18.7. The van der Waals surface area contributed by atoms with E-state index in [1.165, 1.54) is 0 Å². The van der Waals surface area contributed by atoms with Crippen molar-refractivity contribution in [2.75, 3.05) is 20.3 Å². The molecule has 5 nitrogen and oxygen atoms in total. The second-order valence-corrected chi connectivity index (χ2v) is 6.66. The lowest BCUT2D eigenvalue weighted by Gasteiger charge is -2.20. The van der Waals surface area contributed by atoms with Crippen LogP contribution in [0.5, 0.6) is 0 Å². The van der Waals surface area contributed by atoms with Gasteiger partial charge in [0, 0.05) is 18.7 Å². The van der Waals surface area contributed by atoms with Crippen LogP contribution in [0, 0.1) is 6.92 Å². The van der Waals surface area contributed by atoms with E-state index < -0.39 is 0 Å². The van der Waals surface area contributed by atoms with Crippen molar-refractivity contribution in [1.82, 2.24) is 14.9 Å². The number of nitrogens with one attached hydrogen (secondary N) is 1. The van der Waals surface area contributed by atoms with Crippen molar-refractivity contribution in [2.24, 2.45) is 0 Å². The molecule has 3 aromatic rings. The van der Waals surface area contributed by atoms with Gasteiger partial charge >= 0.3 is 0 Å². The van der Waals surface area contributed by atoms with Crippen molar-refractivity contribution in [3.8, 4) is 5.69 Å². The first kappa shape index (κ1) is 18.6. The Balaban J connectivity index is 2.22. The van der Waals surface area contributed by atoms with Crippen LogP contribution in [-0.4, -0.2) is 29.8 Å². The van der Waals surface area contributed by atoms with E-state index in [-0.39, 0.29) is 11.6 Å². The Bertz CT molecular complexity index is 984. The van der Waals surface area contributed by atoms with Gasteiger partial charge in [-0.15, -0.1) is 0 Å². The number of para-hydroxylation sites is 1. The summed E-state index contributed by atoms with van der Waals surface area (Å²) in [6.07, 6.45) is 0. The third-order valence-electron chi connectivity index (χ3n) is 4.35. The number of fused-ring (bicyclic) bond motifs is 1. The number of aromatic nitrogens is 2. The molecule has 1 aromatic heterocycles. The molecule has 1 N–H and O–H groups in total. The number of aryl methyl sites for hydroxylation is 1. The minimum absolute atomic E-state index is 0.0867. The second-order valence-electron chi connectivity index (χ2n) is 6.23. The van der Waals surface area contributed by atoms with Crippen molar-refractivity contribution in [3.05, 3.63) is 69.2 Å². The zero-order valence-electron chi connectivity index (χ0n) is 15.1. The number of methoxy groups -OCH3 is 1. The fourth-order valence-electron chi connectivity index (χ4n) is 3.01. The number of nitrogens with zero attached hydrogens (tertiary/aromatic N) is 2. The van der Waals surface area contributed by atoms with Gasteiger partial charge in [0.15, 0.2) is 0 Å². The van der Waals surface area contributed by atoms with Gasteiger partial charge in [-0.25, -0.2) is 4.98 Å². The molecule has 2 aromatic carbocycles. The van der Waals surface area contributed by atoms with E-state index in [0.29, 0.717) is 34.9 Å². The predicted octanol–water partition coefficient (Wildman–Crippen LogP) is 3.64. The van der Waals surface area contributed by atoms with Gasteiger partial charge in [0.1, 0.15) is 5.82 Å². The summed E-state index contributed by atoms with van der Waals surface area (Å²) in [4.78, 5) is 18.0. The van der Waals surface area contributed by atoms with Crippen LogP contribution in [0.1, 0.15) is 24.4 Å². The molecule has 1 heterocycles. The van der Waals surface area contributed by atoms with E-state index in [1.807, 2.05) is 44.2 Å². The van der Waals surface area contributed by atoms with Crippen LogP contribution in [0.25, 0.3) is 16.6 Å². The maximum absolute atomic E-state index is 13.3. The number of hydrogen-bond acceptors (Lipinski definition) is 4. The van der Waals surface area contributed by atoms with Gasteiger partial charge in [-0.1, -0.05) is 23.7 Å². The summed E-state index contributed by atoms with van der Waals surface area (Å²) in [6, 6.07) is 12.8. The number of rotatable bonds is 6. The Morgan fingerprint density at radius 1 is 1.27 bits per heavy atom. The Hall–Kier alpha value is -2.21. The normalized spacial score (nSPS) is 12.5. The maximum Gasteiger partial charge on any atom is 0.266 e. The molecule has 0 spiro atoms. The molecule has 1 atom stereocenters. The number of benzene rings is 2. The van der Waals surface area contributed by atoms with Gasteiger partial charge in [0.05, 0.1) is 29.2 Å². The summed E-state index contributed by atoms with van der Waals surface area (Å²) in [5.74, 6) is 0.662. The van der Waals surface area contributed by atoms with Crippen molar-refractivity contribution >= 4 is 22.5 Å². The molecule has 0 aliphatic rings. The largest absolute Gasteiger partial charge is 0.383 e. The molecule has 26 heavy (non-hydrogen) atoms. The predicted molar refractivity (Wildman–Crippen MR) is 105 cm³/mol. The molecular weight excluding hydrogens is 350 g/mol. The van der Waals surface area contributed by atoms with Gasteiger partial charge in [-0.05, 0) is 49.7 Å². The summed E-state index contributed by atoms with van der Waals surface area (Å²) in [6.45, 7) is 5.19. The lowest BCUT2D eigenvalue weighted by molar-refractivity contribution is 0.196. The fourth-order valence-corrected chi connectivity index (χ4v) is 3.24. The van der Waals surface area contributed by atoms with Gasteiger partial charge in [-0.2, -0.15) is 0 Å². The van der Waals surface area contributed by atoms with Gasteiger partial charge < -0.3 is 10.1 Å². The summed E-state index contributed by atoms with van der Waals surface area (Å²) in [5, 5.41) is 4.59. The van der Waals surface area contributed by atoms with E-state index in [1.54, 1.807) is 23.8 Å². The lowest BCUT2D eigenvalue weighted by atomic mass is 10.1. The monoisotopic (exact) mass is 371 g/mol. The molecule has 0 saturated heterocycles. The van der Waals surface area contributed by atoms with E-state index in [0.717, 1.165) is 11.3 Å². The molecule has 136 valence electrons. The SMILES string of the molecule is COCCN[C@H](C)c1nc2ccccc2c(=O)n1-c1ccc(Cl)cc1C. The molecule has 3 rings (SSSR count). The fraction of sp³-hybridized carbons (Fsp3) is 0.300. The summed E-state index contributed by atoms with van der Waals surface area (Å²) >= 11 is 6.10. The number of ether oxygens (including phenoxy) is 1. The van der Waals surface area contributed by atoms with Gasteiger partial charge in [0.2, 0.25) is 0 Å². The zero-order valence-corrected chi connectivity index (χ0v) is 15.9. The Morgan fingerprint density at radius 2 is 2.04 bits per heavy atom. The minimum atomic E-state index is -0.127. The topological polar surface area (TPSA) is 56.1 Å². The molecule has 0 fully saturated rings. The van der Waals surface area contributed by atoms with Crippen LogP contribution in [0.4, 0.5) is 0 Å². The molecule has 0 amide bonds. The lowest BCUT2D eigenvalue weighted by Crippen LogP contribution is -2.31. The molecule has 0 aliphatic heterocycles. The highest BCUT2D eigenvalue weighted by Crippen LogP contribution is 2.22. The molecule has 0 saturated carbocycles.